The maximum atomic E-state index is 13.1. The van der Waals surface area contributed by atoms with E-state index in [2.05, 4.69) is 23.5 Å². The molecule has 1 aromatic rings. The molecule has 116 valence electrons. The van der Waals surface area contributed by atoms with E-state index in [0.29, 0.717) is 0 Å². The van der Waals surface area contributed by atoms with Crippen LogP contribution in [0.2, 0.25) is 0 Å². The van der Waals surface area contributed by atoms with Crippen molar-refractivity contribution >= 4 is 9.84 Å². The summed E-state index contributed by atoms with van der Waals surface area (Å²) >= 11 is 0. The summed E-state index contributed by atoms with van der Waals surface area (Å²) in [5.74, 6) is 0. The van der Waals surface area contributed by atoms with Gasteiger partial charge in [-0.05, 0) is 50.3 Å². The Kier molecular flexibility index (Phi) is 4.36. The van der Waals surface area contributed by atoms with Gasteiger partial charge in [0.1, 0.15) is 0 Å². The zero-order valence-electron chi connectivity index (χ0n) is 12.7. The third-order valence-corrected chi connectivity index (χ3v) is 7.95. The van der Waals surface area contributed by atoms with Gasteiger partial charge in [-0.3, -0.25) is 0 Å². The minimum Gasteiger partial charge on any atom is -0.312 e. The number of aryl methyl sites for hydroxylation is 1. The van der Waals surface area contributed by atoms with E-state index in [-0.39, 0.29) is 16.5 Å². The first-order valence-electron chi connectivity index (χ1n) is 8.12. The molecular weight excluding hydrogens is 282 g/mol. The van der Waals surface area contributed by atoms with E-state index < -0.39 is 9.84 Å². The monoisotopic (exact) mass is 307 g/mol. The summed E-state index contributed by atoms with van der Waals surface area (Å²) in [6.45, 7) is 0. The van der Waals surface area contributed by atoms with Crippen LogP contribution >= 0.6 is 0 Å². The number of rotatable bonds is 3. The minimum absolute atomic E-state index is 0.0608. The summed E-state index contributed by atoms with van der Waals surface area (Å²) in [7, 11) is -1.16. The van der Waals surface area contributed by atoms with Crippen molar-refractivity contribution in [1.29, 1.82) is 0 Å². The van der Waals surface area contributed by atoms with E-state index in [0.717, 1.165) is 44.9 Å². The molecule has 2 unspecified atom stereocenters. The molecule has 1 aromatic carbocycles. The zero-order chi connectivity index (χ0) is 14.9. The van der Waals surface area contributed by atoms with Crippen molar-refractivity contribution in [2.45, 2.75) is 61.5 Å². The Morgan fingerprint density at radius 3 is 2.48 bits per heavy atom. The molecule has 1 saturated carbocycles. The summed E-state index contributed by atoms with van der Waals surface area (Å²) in [4.78, 5) is 0. The fraction of sp³-hybridized carbons (Fsp3) is 0.647. The fourth-order valence-corrected chi connectivity index (χ4v) is 6.73. The lowest BCUT2D eigenvalue weighted by atomic mass is 9.99. The van der Waals surface area contributed by atoms with Gasteiger partial charge < -0.3 is 5.32 Å². The third kappa shape index (κ3) is 2.76. The second-order valence-corrected chi connectivity index (χ2v) is 8.84. The number of nitrogens with one attached hydrogen (secondary N) is 1. The van der Waals surface area contributed by atoms with Crippen molar-refractivity contribution in [2.75, 3.05) is 7.05 Å². The average molecular weight is 307 g/mol. The number of benzene rings is 1. The van der Waals surface area contributed by atoms with E-state index in [1.165, 1.54) is 11.1 Å². The molecule has 0 aromatic heterocycles. The van der Waals surface area contributed by atoms with Gasteiger partial charge in [0, 0.05) is 6.04 Å². The Morgan fingerprint density at radius 1 is 1.05 bits per heavy atom. The van der Waals surface area contributed by atoms with Crippen molar-refractivity contribution in [3.05, 3.63) is 35.4 Å². The Hall–Kier alpha value is -0.870. The molecule has 1 N–H and O–H groups in total. The normalized spacial score (nSPS) is 27.3. The van der Waals surface area contributed by atoms with Crippen molar-refractivity contribution < 1.29 is 8.42 Å². The smallest absolute Gasteiger partial charge is 0.157 e. The van der Waals surface area contributed by atoms with Crippen LogP contribution in [-0.4, -0.2) is 26.0 Å². The maximum absolute atomic E-state index is 13.1. The first-order valence-corrected chi connectivity index (χ1v) is 9.73. The second-order valence-electron chi connectivity index (χ2n) is 6.39. The molecular formula is C17H25NO2S. The van der Waals surface area contributed by atoms with E-state index in [4.69, 9.17) is 0 Å². The van der Waals surface area contributed by atoms with Crippen LogP contribution in [0.5, 0.6) is 0 Å². The van der Waals surface area contributed by atoms with Crippen LogP contribution in [0.25, 0.3) is 0 Å². The molecule has 1 fully saturated rings. The van der Waals surface area contributed by atoms with Crippen LogP contribution in [0.15, 0.2) is 24.3 Å². The highest BCUT2D eigenvalue weighted by Gasteiger charge is 2.41. The standard InChI is InChI=1S/C17H25NO2S/c1-18-17-15-11-5-2-7-13(15)8-6-12-16(17)21(19,20)14-9-3-4-10-14/h2,5,7,11,14,16-18H,3-4,6,8-10,12H2,1H3. The van der Waals surface area contributed by atoms with Crippen LogP contribution in [0.3, 0.4) is 0 Å². The van der Waals surface area contributed by atoms with E-state index in [9.17, 15) is 8.42 Å². The van der Waals surface area contributed by atoms with Gasteiger partial charge in [-0.2, -0.15) is 0 Å². The molecule has 2 aliphatic rings. The highest BCUT2D eigenvalue weighted by molar-refractivity contribution is 7.92. The van der Waals surface area contributed by atoms with Gasteiger partial charge in [0.2, 0.25) is 0 Å². The molecule has 3 rings (SSSR count). The number of hydrogen-bond donors (Lipinski definition) is 1. The summed E-state index contributed by atoms with van der Waals surface area (Å²) in [5.41, 5.74) is 2.49. The van der Waals surface area contributed by atoms with Crippen molar-refractivity contribution in [1.82, 2.24) is 5.32 Å². The SMILES string of the molecule is CNC1c2ccccc2CCCC1S(=O)(=O)C1CCCC1. The number of hydrogen-bond acceptors (Lipinski definition) is 3. The molecule has 0 aliphatic heterocycles. The molecule has 3 nitrogen and oxygen atoms in total. The molecule has 0 bridgehead atoms. The lowest BCUT2D eigenvalue weighted by molar-refractivity contribution is 0.492. The predicted molar refractivity (Wildman–Crippen MR) is 86.1 cm³/mol. The minimum atomic E-state index is -3.05. The van der Waals surface area contributed by atoms with E-state index >= 15 is 0 Å². The van der Waals surface area contributed by atoms with Gasteiger partial charge in [0.15, 0.2) is 9.84 Å². The number of sulfone groups is 1. The molecule has 21 heavy (non-hydrogen) atoms. The van der Waals surface area contributed by atoms with Crippen LogP contribution in [0.1, 0.15) is 55.7 Å². The molecule has 0 spiro atoms. The summed E-state index contributed by atoms with van der Waals surface area (Å²) in [5, 5.41) is 2.92. The van der Waals surface area contributed by atoms with Gasteiger partial charge >= 0.3 is 0 Å². The van der Waals surface area contributed by atoms with E-state index in [1.54, 1.807) is 0 Å². The van der Waals surface area contributed by atoms with Gasteiger partial charge in [0.25, 0.3) is 0 Å². The van der Waals surface area contributed by atoms with Crippen LogP contribution in [0.4, 0.5) is 0 Å². The molecule has 4 heteroatoms. The van der Waals surface area contributed by atoms with Crippen LogP contribution in [0, 0.1) is 0 Å². The summed E-state index contributed by atoms with van der Waals surface area (Å²) in [6, 6.07) is 8.25. The highest BCUT2D eigenvalue weighted by atomic mass is 32.2. The number of fused-ring (bicyclic) bond motifs is 1. The Bertz CT molecular complexity index is 591. The van der Waals surface area contributed by atoms with Crippen LogP contribution < -0.4 is 5.32 Å². The maximum Gasteiger partial charge on any atom is 0.157 e. The average Bonchev–Trinajstić information content (AvgIpc) is 2.96. The topological polar surface area (TPSA) is 46.2 Å². The first-order chi connectivity index (χ1) is 10.1. The Balaban J connectivity index is 1.98. The zero-order valence-corrected chi connectivity index (χ0v) is 13.5. The highest BCUT2D eigenvalue weighted by Crippen LogP contribution is 2.37. The molecule has 2 atom stereocenters. The molecule has 0 saturated heterocycles. The molecule has 2 aliphatic carbocycles. The second kappa shape index (κ2) is 6.09. The van der Waals surface area contributed by atoms with Gasteiger partial charge in [-0.15, -0.1) is 0 Å². The largest absolute Gasteiger partial charge is 0.312 e. The van der Waals surface area contributed by atoms with Gasteiger partial charge in [-0.1, -0.05) is 37.1 Å². The quantitative estimate of drug-likeness (QED) is 0.873. The van der Waals surface area contributed by atoms with Crippen molar-refractivity contribution in [3.8, 4) is 0 Å². The molecule has 0 amide bonds. The molecule has 0 radical (unpaired) electrons. The molecule has 0 heterocycles. The predicted octanol–water partition coefficient (Wildman–Crippen LogP) is 3.01. The lowest BCUT2D eigenvalue weighted by Gasteiger charge is -2.28. The van der Waals surface area contributed by atoms with Crippen molar-refractivity contribution in [3.63, 3.8) is 0 Å². The third-order valence-electron chi connectivity index (χ3n) is 5.20. The van der Waals surface area contributed by atoms with Crippen molar-refractivity contribution in [2.24, 2.45) is 0 Å². The van der Waals surface area contributed by atoms with E-state index in [1.807, 2.05) is 13.1 Å². The summed E-state index contributed by atoms with van der Waals surface area (Å²) in [6.07, 6.45) is 6.58. The van der Waals surface area contributed by atoms with Crippen LogP contribution in [-0.2, 0) is 16.3 Å². The first kappa shape index (κ1) is 15.0. The Morgan fingerprint density at radius 2 is 1.76 bits per heavy atom. The Labute approximate surface area is 128 Å². The fourth-order valence-electron chi connectivity index (χ4n) is 4.09. The van der Waals surface area contributed by atoms with Gasteiger partial charge in [0.05, 0.1) is 10.5 Å². The van der Waals surface area contributed by atoms with Gasteiger partial charge in [-0.25, -0.2) is 8.42 Å². The summed E-state index contributed by atoms with van der Waals surface area (Å²) < 4.78 is 26.2. The lowest BCUT2D eigenvalue weighted by Crippen LogP contribution is -2.39.